The highest BCUT2D eigenvalue weighted by Gasteiger charge is 2.20. The Bertz CT molecular complexity index is 807. The maximum absolute atomic E-state index is 12.3. The van der Waals surface area contributed by atoms with E-state index in [9.17, 15) is 13.2 Å². The summed E-state index contributed by atoms with van der Waals surface area (Å²) in [6.07, 6.45) is 1.10. The van der Waals surface area contributed by atoms with Crippen LogP contribution < -0.4 is 5.32 Å². The van der Waals surface area contributed by atoms with Gasteiger partial charge < -0.3 is 10.1 Å². The molecular formula is C18H22N2O4S. The van der Waals surface area contributed by atoms with Gasteiger partial charge in [-0.15, -0.1) is 0 Å². The Morgan fingerprint density at radius 1 is 1.08 bits per heavy atom. The summed E-state index contributed by atoms with van der Waals surface area (Å²) in [5.41, 5.74) is 2.35. The summed E-state index contributed by atoms with van der Waals surface area (Å²) in [4.78, 5) is 12.3. The van der Waals surface area contributed by atoms with E-state index in [0.29, 0.717) is 12.3 Å². The normalized spacial score (nSPS) is 11.5. The number of ether oxygens (including phenoxy) is 1. The second-order valence-electron chi connectivity index (χ2n) is 5.70. The summed E-state index contributed by atoms with van der Waals surface area (Å²) < 4.78 is 30.2. The molecule has 1 amide bonds. The lowest BCUT2D eigenvalue weighted by molar-refractivity contribution is -0.116. The van der Waals surface area contributed by atoms with Crippen molar-refractivity contribution in [2.24, 2.45) is 0 Å². The van der Waals surface area contributed by atoms with Gasteiger partial charge in [0, 0.05) is 19.3 Å². The molecule has 0 bridgehead atoms. The Morgan fingerprint density at radius 3 is 2.40 bits per heavy atom. The maximum atomic E-state index is 12.3. The number of nitrogens with one attached hydrogen (secondary N) is 1. The second-order valence-corrected chi connectivity index (χ2v) is 7.68. The largest absolute Gasteiger partial charge is 0.380 e. The first-order valence-corrected chi connectivity index (χ1v) is 9.60. The molecule has 0 atom stereocenters. The van der Waals surface area contributed by atoms with Gasteiger partial charge in [0.15, 0.2) is 0 Å². The van der Waals surface area contributed by atoms with Gasteiger partial charge in [-0.3, -0.25) is 4.79 Å². The molecule has 134 valence electrons. The van der Waals surface area contributed by atoms with Crippen molar-refractivity contribution in [3.63, 3.8) is 0 Å². The third-order valence-corrected chi connectivity index (χ3v) is 4.71. The molecule has 0 heterocycles. The number of carbonyl (C=O) groups is 1. The number of benzene rings is 2. The minimum atomic E-state index is -3.51. The average Bonchev–Trinajstić information content (AvgIpc) is 2.55. The van der Waals surface area contributed by atoms with Crippen LogP contribution in [0.15, 0.2) is 54.6 Å². The molecule has 0 saturated carbocycles. The minimum Gasteiger partial charge on any atom is -0.380 e. The zero-order chi connectivity index (χ0) is 18.3. The van der Waals surface area contributed by atoms with E-state index in [0.717, 1.165) is 21.7 Å². The molecule has 6 nitrogen and oxygen atoms in total. The molecule has 2 aromatic rings. The monoisotopic (exact) mass is 362 g/mol. The van der Waals surface area contributed by atoms with Crippen LogP contribution in [-0.2, 0) is 32.7 Å². The quantitative estimate of drug-likeness (QED) is 0.781. The topological polar surface area (TPSA) is 75.7 Å². The van der Waals surface area contributed by atoms with E-state index in [1.54, 1.807) is 19.2 Å². The molecule has 1 N–H and O–H groups in total. The summed E-state index contributed by atoms with van der Waals surface area (Å²) in [6.45, 7) is 0.340. The maximum Gasteiger partial charge on any atom is 0.239 e. The number of hydrogen-bond acceptors (Lipinski definition) is 4. The summed E-state index contributed by atoms with van der Waals surface area (Å²) in [7, 11) is -1.92. The predicted molar refractivity (Wildman–Crippen MR) is 97.5 cm³/mol. The van der Waals surface area contributed by atoms with Gasteiger partial charge in [0.25, 0.3) is 0 Å². The molecule has 0 aliphatic rings. The molecule has 0 aliphatic carbocycles. The number of sulfonamides is 1. The van der Waals surface area contributed by atoms with Crippen LogP contribution in [-0.4, -0.2) is 38.5 Å². The van der Waals surface area contributed by atoms with Gasteiger partial charge in [0.05, 0.1) is 19.4 Å². The number of amides is 1. The Balaban J connectivity index is 2.05. The minimum absolute atomic E-state index is 0.150. The van der Waals surface area contributed by atoms with E-state index in [2.05, 4.69) is 5.32 Å². The Kier molecular flexibility index (Phi) is 6.69. The highest BCUT2D eigenvalue weighted by atomic mass is 32.2. The van der Waals surface area contributed by atoms with Crippen LogP contribution in [0.1, 0.15) is 11.1 Å². The van der Waals surface area contributed by atoms with Crippen LogP contribution in [0, 0.1) is 0 Å². The Hall–Kier alpha value is -2.22. The third kappa shape index (κ3) is 6.30. The Morgan fingerprint density at radius 2 is 1.76 bits per heavy atom. The molecule has 0 spiro atoms. The van der Waals surface area contributed by atoms with Crippen LogP contribution in [0.4, 0.5) is 5.69 Å². The first-order chi connectivity index (χ1) is 11.9. The number of carbonyl (C=O) groups excluding carboxylic acids is 1. The molecule has 0 unspecified atom stereocenters. The van der Waals surface area contributed by atoms with Crippen molar-refractivity contribution in [2.45, 2.75) is 13.2 Å². The van der Waals surface area contributed by atoms with Gasteiger partial charge in [-0.1, -0.05) is 42.5 Å². The average molecular weight is 362 g/mol. The lowest BCUT2D eigenvalue weighted by Gasteiger charge is -2.19. The van der Waals surface area contributed by atoms with E-state index in [4.69, 9.17) is 4.74 Å². The van der Waals surface area contributed by atoms with Gasteiger partial charge >= 0.3 is 0 Å². The van der Waals surface area contributed by atoms with Crippen molar-refractivity contribution >= 4 is 21.6 Å². The van der Waals surface area contributed by atoms with Crippen molar-refractivity contribution < 1.29 is 17.9 Å². The third-order valence-electron chi connectivity index (χ3n) is 3.51. The van der Waals surface area contributed by atoms with Crippen LogP contribution in [0.25, 0.3) is 0 Å². The molecule has 25 heavy (non-hydrogen) atoms. The number of anilines is 1. The van der Waals surface area contributed by atoms with Crippen LogP contribution >= 0.6 is 0 Å². The second kappa shape index (κ2) is 8.75. The lowest BCUT2D eigenvalue weighted by Crippen LogP contribution is -2.36. The molecule has 0 radical (unpaired) electrons. The van der Waals surface area contributed by atoms with Crippen LogP contribution in [0.3, 0.4) is 0 Å². The molecular weight excluding hydrogens is 340 g/mol. The van der Waals surface area contributed by atoms with Crippen molar-refractivity contribution in [1.29, 1.82) is 0 Å². The molecule has 7 heteroatoms. The zero-order valence-corrected chi connectivity index (χ0v) is 15.1. The first-order valence-electron chi connectivity index (χ1n) is 7.75. The van der Waals surface area contributed by atoms with Crippen molar-refractivity contribution in [2.75, 3.05) is 25.2 Å². The fourth-order valence-corrected chi connectivity index (χ4v) is 3.08. The SMILES string of the molecule is COCc1cccc(NC(=O)CN(Cc2ccccc2)S(C)(=O)=O)c1. The molecule has 0 saturated heterocycles. The van der Waals surface area contributed by atoms with Crippen molar-refractivity contribution in [3.8, 4) is 0 Å². The summed E-state index contributed by atoms with van der Waals surface area (Å²) >= 11 is 0. The van der Waals surface area contributed by atoms with Gasteiger partial charge in [-0.2, -0.15) is 4.31 Å². The van der Waals surface area contributed by atoms with E-state index in [-0.39, 0.29) is 13.1 Å². The van der Waals surface area contributed by atoms with E-state index < -0.39 is 15.9 Å². The molecule has 0 aliphatic heterocycles. The zero-order valence-electron chi connectivity index (χ0n) is 14.3. The number of methoxy groups -OCH3 is 1. The van der Waals surface area contributed by atoms with Gasteiger partial charge in [0.1, 0.15) is 0 Å². The van der Waals surface area contributed by atoms with E-state index >= 15 is 0 Å². The van der Waals surface area contributed by atoms with Crippen molar-refractivity contribution in [3.05, 3.63) is 65.7 Å². The molecule has 2 aromatic carbocycles. The summed E-state index contributed by atoms with van der Waals surface area (Å²) in [5.74, 6) is -0.393. The summed E-state index contributed by atoms with van der Waals surface area (Å²) in [6, 6.07) is 16.4. The molecule has 0 aromatic heterocycles. The smallest absolute Gasteiger partial charge is 0.239 e. The van der Waals surface area contributed by atoms with Gasteiger partial charge in [0.2, 0.25) is 15.9 Å². The predicted octanol–water partition coefficient (Wildman–Crippen LogP) is 2.23. The summed E-state index contributed by atoms with van der Waals surface area (Å²) in [5, 5.41) is 2.73. The van der Waals surface area contributed by atoms with Crippen LogP contribution in [0.2, 0.25) is 0 Å². The fraction of sp³-hybridized carbons (Fsp3) is 0.278. The number of rotatable bonds is 8. The van der Waals surface area contributed by atoms with Crippen LogP contribution in [0.5, 0.6) is 0 Å². The molecule has 0 fully saturated rings. The highest BCUT2D eigenvalue weighted by Crippen LogP contribution is 2.13. The van der Waals surface area contributed by atoms with Gasteiger partial charge in [-0.25, -0.2) is 8.42 Å². The van der Waals surface area contributed by atoms with E-state index in [1.165, 1.54) is 0 Å². The number of hydrogen-bond donors (Lipinski definition) is 1. The highest BCUT2D eigenvalue weighted by molar-refractivity contribution is 7.88. The van der Waals surface area contributed by atoms with Crippen molar-refractivity contribution in [1.82, 2.24) is 4.31 Å². The standard InChI is InChI=1S/C18H22N2O4S/c1-24-14-16-9-6-10-17(11-16)19-18(21)13-20(25(2,22)23)12-15-7-4-3-5-8-15/h3-11H,12-14H2,1-2H3,(H,19,21). The lowest BCUT2D eigenvalue weighted by atomic mass is 10.2. The van der Waals surface area contributed by atoms with Gasteiger partial charge in [-0.05, 0) is 23.3 Å². The Labute approximate surface area is 148 Å². The molecule has 2 rings (SSSR count). The number of nitrogens with zero attached hydrogens (tertiary/aromatic N) is 1. The van der Waals surface area contributed by atoms with E-state index in [1.807, 2.05) is 42.5 Å². The first kappa shape index (κ1) is 19.1. The fourth-order valence-electron chi connectivity index (χ4n) is 2.34.